The van der Waals surface area contributed by atoms with Crippen molar-refractivity contribution in [2.75, 3.05) is 51.8 Å². The summed E-state index contributed by atoms with van der Waals surface area (Å²) < 4.78 is 48.2. The highest BCUT2D eigenvalue weighted by Gasteiger charge is 2.62. The Kier molecular flexibility index (Phi) is 9.69. The van der Waals surface area contributed by atoms with Crippen LogP contribution in [0.5, 0.6) is 5.75 Å². The lowest BCUT2D eigenvalue weighted by atomic mass is 9.71. The zero-order valence-electron chi connectivity index (χ0n) is 25.8. The first kappa shape index (κ1) is 32.6. The molecule has 2 saturated heterocycles. The molecule has 2 heterocycles. The number of hydrogen-bond acceptors (Lipinski definition) is 5. The molecule has 2 aromatic rings. The number of rotatable bonds is 8. The lowest BCUT2D eigenvalue weighted by Crippen LogP contribution is -2.57. The van der Waals surface area contributed by atoms with E-state index in [0.29, 0.717) is 24.3 Å². The molecule has 2 aliphatic rings. The van der Waals surface area contributed by atoms with E-state index in [1.165, 1.54) is 12.1 Å². The first-order valence-electron chi connectivity index (χ1n) is 15.1. The number of ether oxygens (including phenoxy) is 1. The standard InChI is InChI=1S/C33H44F3N3O4/c1-6-43-27-9-7-8-25(21-27)32(42,33(34,35)36)30(41)39-18-14-31(3,15-19-39)22-24-12-16-38(17-13-24)26-10-11-28(23(2)20-26)29(40)37(4)5/h7-11,20-21,24,42H,6,12-19,22H2,1-5H3/t32-/m0/s1. The molecule has 0 spiro atoms. The molecule has 2 aromatic carbocycles. The van der Waals surface area contributed by atoms with E-state index in [0.717, 1.165) is 60.6 Å². The number of piperidine rings is 2. The normalized spacial score (nSPS) is 19.1. The topological polar surface area (TPSA) is 73.3 Å². The van der Waals surface area contributed by atoms with E-state index in [-0.39, 0.29) is 36.8 Å². The van der Waals surface area contributed by atoms with E-state index in [2.05, 4.69) is 17.9 Å². The number of halogens is 3. The number of likely N-dealkylation sites (tertiary alicyclic amines) is 1. The summed E-state index contributed by atoms with van der Waals surface area (Å²) in [4.78, 5) is 30.8. The van der Waals surface area contributed by atoms with Crippen LogP contribution in [0.1, 0.15) is 67.4 Å². The zero-order chi connectivity index (χ0) is 31.6. The average molecular weight is 604 g/mol. The number of hydrogen-bond donors (Lipinski definition) is 1. The monoisotopic (exact) mass is 603 g/mol. The van der Waals surface area contributed by atoms with Gasteiger partial charge < -0.3 is 24.5 Å². The van der Waals surface area contributed by atoms with Gasteiger partial charge in [-0.05, 0) is 93.2 Å². The Bertz CT molecular complexity index is 1300. The minimum Gasteiger partial charge on any atom is -0.494 e. The van der Waals surface area contributed by atoms with Crippen LogP contribution in [0.4, 0.5) is 18.9 Å². The van der Waals surface area contributed by atoms with Gasteiger partial charge in [-0.1, -0.05) is 19.1 Å². The van der Waals surface area contributed by atoms with Crippen LogP contribution in [-0.4, -0.2) is 79.8 Å². The minimum atomic E-state index is -5.19. The number of aliphatic hydroxyl groups is 1. The van der Waals surface area contributed by atoms with E-state index < -0.39 is 23.2 Å². The van der Waals surface area contributed by atoms with Gasteiger partial charge in [-0.25, -0.2) is 0 Å². The van der Waals surface area contributed by atoms with E-state index >= 15 is 0 Å². The first-order chi connectivity index (χ1) is 20.2. The van der Waals surface area contributed by atoms with Gasteiger partial charge >= 0.3 is 6.18 Å². The van der Waals surface area contributed by atoms with Crippen molar-refractivity contribution < 1.29 is 32.6 Å². The molecule has 43 heavy (non-hydrogen) atoms. The van der Waals surface area contributed by atoms with Crippen LogP contribution in [0.3, 0.4) is 0 Å². The van der Waals surface area contributed by atoms with Crippen LogP contribution in [0.2, 0.25) is 0 Å². The SMILES string of the molecule is CCOc1cccc([C@](O)(C(=O)N2CCC(C)(CC3CCN(c4ccc(C(=O)N(C)C)c(C)c4)CC3)CC2)C(F)(F)F)c1. The summed E-state index contributed by atoms with van der Waals surface area (Å²) in [6.45, 7) is 8.18. The third-order valence-corrected chi connectivity index (χ3v) is 9.15. The lowest BCUT2D eigenvalue weighted by molar-refractivity contribution is -0.262. The molecule has 2 fully saturated rings. The van der Waals surface area contributed by atoms with Crippen LogP contribution in [0, 0.1) is 18.3 Å². The van der Waals surface area contributed by atoms with Crippen molar-refractivity contribution >= 4 is 17.5 Å². The predicted molar refractivity (Wildman–Crippen MR) is 160 cm³/mol. The summed E-state index contributed by atoms with van der Waals surface area (Å²) in [6, 6.07) is 11.0. The third-order valence-electron chi connectivity index (χ3n) is 9.15. The zero-order valence-corrected chi connectivity index (χ0v) is 25.8. The first-order valence-corrected chi connectivity index (χ1v) is 15.1. The third kappa shape index (κ3) is 6.95. The second-order valence-electron chi connectivity index (χ2n) is 12.6. The van der Waals surface area contributed by atoms with Crippen LogP contribution in [0.15, 0.2) is 42.5 Å². The van der Waals surface area contributed by atoms with Gasteiger partial charge in [0.05, 0.1) is 6.61 Å². The number of benzene rings is 2. The number of carbonyl (C=O) groups is 2. The average Bonchev–Trinajstić information content (AvgIpc) is 2.96. The summed E-state index contributed by atoms with van der Waals surface area (Å²) >= 11 is 0. The summed E-state index contributed by atoms with van der Waals surface area (Å²) in [5.74, 6) is -0.702. The largest absolute Gasteiger partial charge is 0.494 e. The van der Waals surface area contributed by atoms with Gasteiger partial charge in [0, 0.05) is 57.1 Å². The number of aryl methyl sites for hydroxylation is 1. The van der Waals surface area contributed by atoms with E-state index in [1.54, 1.807) is 25.9 Å². The maximum Gasteiger partial charge on any atom is 0.430 e. The molecule has 4 rings (SSSR count). The molecule has 0 unspecified atom stereocenters. The predicted octanol–water partition coefficient (Wildman–Crippen LogP) is 5.78. The minimum absolute atomic E-state index is 0.0115. The van der Waals surface area contributed by atoms with Gasteiger partial charge in [-0.2, -0.15) is 13.2 Å². The second kappa shape index (κ2) is 12.8. The highest BCUT2D eigenvalue weighted by atomic mass is 19.4. The highest BCUT2D eigenvalue weighted by molar-refractivity contribution is 5.95. The van der Waals surface area contributed by atoms with Crippen LogP contribution < -0.4 is 9.64 Å². The lowest BCUT2D eigenvalue weighted by Gasteiger charge is -2.45. The van der Waals surface area contributed by atoms with Gasteiger partial charge in [0.2, 0.25) is 0 Å². The molecule has 2 aliphatic heterocycles. The molecule has 7 nitrogen and oxygen atoms in total. The molecular weight excluding hydrogens is 559 g/mol. The maximum atomic E-state index is 14.3. The smallest absolute Gasteiger partial charge is 0.430 e. The van der Waals surface area contributed by atoms with Crippen LogP contribution >= 0.6 is 0 Å². The Labute approximate surface area is 252 Å². The maximum absolute atomic E-state index is 14.3. The fourth-order valence-corrected chi connectivity index (χ4v) is 6.49. The quantitative estimate of drug-likeness (QED) is 0.414. The molecule has 1 atom stereocenters. The highest BCUT2D eigenvalue weighted by Crippen LogP contribution is 2.45. The van der Waals surface area contributed by atoms with Crippen molar-refractivity contribution in [2.45, 2.75) is 64.7 Å². The second-order valence-corrected chi connectivity index (χ2v) is 12.6. The molecule has 0 aliphatic carbocycles. The van der Waals surface area contributed by atoms with Crippen molar-refractivity contribution in [1.29, 1.82) is 0 Å². The van der Waals surface area contributed by atoms with E-state index in [9.17, 15) is 27.9 Å². The molecule has 10 heteroatoms. The number of alkyl halides is 3. The van der Waals surface area contributed by atoms with Gasteiger partial charge in [0.25, 0.3) is 17.4 Å². The Hall–Kier alpha value is -3.27. The van der Waals surface area contributed by atoms with Crippen molar-refractivity contribution in [3.05, 3.63) is 59.2 Å². The van der Waals surface area contributed by atoms with Crippen molar-refractivity contribution in [2.24, 2.45) is 11.3 Å². The molecule has 0 bridgehead atoms. The molecule has 236 valence electrons. The van der Waals surface area contributed by atoms with Gasteiger partial charge in [0.1, 0.15) is 5.75 Å². The number of amides is 2. The van der Waals surface area contributed by atoms with Crippen LogP contribution in [-0.2, 0) is 10.4 Å². The Balaban J connectivity index is 1.35. The van der Waals surface area contributed by atoms with E-state index in [1.807, 2.05) is 19.1 Å². The van der Waals surface area contributed by atoms with Crippen molar-refractivity contribution in [3.8, 4) is 5.75 Å². The molecular formula is C33H44F3N3O4. The Morgan fingerprint density at radius 3 is 2.26 bits per heavy atom. The molecule has 0 aromatic heterocycles. The van der Waals surface area contributed by atoms with Crippen molar-refractivity contribution in [1.82, 2.24) is 9.80 Å². The summed E-state index contributed by atoms with van der Waals surface area (Å²) in [7, 11) is 3.49. The fraction of sp³-hybridized carbons (Fsp3) is 0.576. The Morgan fingerprint density at radius 2 is 1.70 bits per heavy atom. The van der Waals surface area contributed by atoms with Crippen LogP contribution in [0.25, 0.3) is 0 Å². The molecule has 1 N–H and O–H groups in total. The number of anilines is 1. The molecule has 2 amide bonds. The summed E-state index contributed by atoms with van der Waals surface area (Å²) in [5, 5.41) is 10.9. The molecule has 0 saturated carbocycles. The summed E-state index contributed by atoms with van der Waals surface area (Å²) in [6.07, 6.45) is -1.10. The van der Waals surface area contributed by atoms with Gasteiger partial charge in [-0.3, -0.25) is 9.59 Å². The van der Waals surface area contributed by atoms with E-state index in [4.69, 9.17) is 4.74 Å². The Morgan fingerprint density at radius 1 is 1.05 bits per heavy atom. The number of carbonyl (C=O) groups excluding carboxylic acids is 2. The molecule has 0 radical (unpaired) electrons. The van der Waals surface area contributed by atoms with Crippen molar-refractivity contribution in [3.63, 3.8) is 0 Å². The number of nitrogens with zero attached hydrogens (tertiary/aromatic N) is 3. The summed E-state index contributed by atoms with van der Waals surface area (Å²) in [5.41, 5.74) is -1.52. The fourth-order valence-electron chi connectivity index (χ4n) is 6.49. The van der Waals surface area contributed by atoms with Gasteiger partial charge in [0.15, 0.2) is 0 Å². The van der Waals surface area contributed by atoms with Gasteiger partial charge in [-0.15, -0.1) is 0 Å².